The fraction of sp³-hybridized carbons (Fsp3) is 0.467. The maximum absolute atomic E-state index is 12.5. The number of nitrogens with two attached hydrogens (primary N) is 1. The standard InChI is InChI=1S/C15H20N4O2/c1-10-2-4-11(5-3-10)13(16)14(20)18-6-7-19-12(9-18)8-17-15(19)21/h2-5,12-13H,6-9,16H2,1H3,(H,17,21). The van der Waals surface area contributed by atoms with E-state index in [1.807, 2.05) is 31.2 Å². The van der Waals surface area contributed by atoms with Gasteiger partial charge in [-0.05, 0) is 12.5 Å². The number of carbonyl (C=O) groups excluding carboxylic acids is 2. The molecule has 3 rings (SSSR count). The SMILES string of the molecule is Cc1ccc(C(N)C(=O)N2CCN3C(=O)NCC3C2)cc1. The number of nitrogens with zero attached hydrogens (tertiary/aromatic N) is 2. The molecule has 0 aliphatic carbocycles. The number of amides is 3. The zero-order valence-electron chi connectivity index (χ0n) is 12.1. The number of nitrogens with one attached hydrogen (secondary N) is 1. The van der Waals surface area contributed by atoms with Crippen molar-refractivity contribution in [1.82, 2.24) is 15.1 Å². The van der Waals surface area contributed by atoms with Crippen LogP contribution >= 0.6 is 0 Å². The normalized spacial score (nSPS) is 22.8. The van der Waals surface area contributed by atoms with Gasteiger partial charge in [0, 0.05) is 26.2 Å². The molecule has 6 heteroatoms. The van der Waals surface area contributed by atoms with Crippen molar-refractivity contribution in [2.24, 2.45) is 5.73 Å². The van der Waals surface area contributed by atoms with Crippen LogP contribution in [0.15, 0.2) is 24.3 Å². The maximum Gasteiger partial charge on any atom is 0.317 e. The predicted octanol–water partition coefficient (Wildman–Crippen LogP) is 0.231. The molecule has 3 amide bonds. The van der Waals surface area contributed by atoms with Crippen LogP contribution in [0.4, 0.5) is 4.79 Å². The van der Waals surface area contributed by atoms with Gasteiger partial charge in [-0.1, -0.05) is 29.8 Å². The van der Waals surface area contributed by atoms with E-state index in [1.54, 1.807) is 9.80 Å². The molecule has 2 fully saturated rings. The Kier molecular flexibility index (Phi) is 3.55. The van der Waals surface area contributed by atoms with Gasteiger partial charge >= 0.3 is 6.03 Å². The Hall–Kier alpha value is -2.08. The third-order valence-corrected chi connectivity index (χ3v) is 4.25. The largest absolute Gasteiger partial charge is 0.337 e. The number of urea groups is 1. The molecule has 0 saturated carbocycles. The molecule has 2 aliphatic heterocycles. The van der Waals surface area contributed by atoms with Crippen molar-refractivity contribution in [3.05, 3.63) is 35.4 Å². The number of piperazine rings is 1. The van der Waals surface area contributed by atoms with Gasteiger partial charge in [-0.3, -0.25) is 4.79 Å². The van der Waals surface area contributed by atoms with E-state index in [9.17, 15) is 9.59 Å². The highest BCUT2D eigenvalue weighted by Crippen LogP contribution is 2.19. The molecule has 2 aliphatic rings. The molecule has 0 aromatic heterocycles. The van der Waals surface area contributed by atoms with Crippen molar-refractivity contribution in [3.63, 3.8) is 0 Å². The number of hydrogen-bond acceptors (Lipinski definition) is 3. The number of rotatable bonds is 2. The number of hydrogen-bond donors (Lipinski definition) is 2. The predicted molar refractivity (Wildman–Crippen MR) is 78.6 cm³/mol. The van der Waals surface area contributed by atoms with Crippen LogP contribution in [0.25, 0.3) is 0 Å². The van der Waals surface area contributed by atoms with Gasteiger partial charge in [0.1, 0.15) is 6.04 Å². The Morgan fingerprint density at radius 2 is 2.05 bits per heavy atom. The maximum atomic E-state index is 12.5. The summed E-state index contributed by atoms with van der Waals surface area (Å²) in [4.78, 5) is 27.7. The minimum Gasteiger partial charge on any atom is -0.337 e. The zero-order chi connectivity index (χ0) is 15.0. The number of carbonyl (C=O) groups is 2. The van der Waals surface area contributed by atoms with Crippen molar-refractivity contribution in [2.45, 2.75) is 19.0 Å². The van der Waals surface area contributed by atoms with Gasteiger partial charge in [-0.25, -0.2) is 4.79 Å². The van der Waals surface area contributed by atoms with Crippen LogP contribution in [0.3, 0.4) is 0 Å². The summed E-state index contributed by atoms with van der Waals surface area (Å²) in [5.74, 6) is -0.0714. The molecule has 2 atom stereocenters. The van der Waals surface area contributed by atoms with E-state index in [4.69, 9.17) is 5.73 Å². The van der Waals surface area contributed by atoms with Gasteiger partial charge in [0.25, 0.3) is 0 Å². The fourth-order valence-corrected chi connectivity index (χ4v) is 2.92. The van der Waals surface area contributed by atoms with Gasteiger partial charge in [0.2, 0.25) is 5.91 Å². The van der Waals surface area contributed by atoms with Crippen molar-refractivity contribution in [2.75, 3.05) is 26.2 Å². The topological polar surface area (TPSA) is 78.7 Å². The Bertz CT molecular complexity index is 557. The first-order chi connectivity index (χ1) is 10.1. The molecule has 2 saturated heterocycles. The average Bonchev–Trinajstić information content (AvgIpc) is 2.87. The van der Waals surface area contributed by atoms with Crippen LogP contribution in [0.2, 0.25) is 0 Å². The van der Waals surface area contributed by atoms with Crippen LogP contribution in [-0.2, 0) is 4.79 Å². The lowest BCUT2D eigenvalue weighted by Crippen LogP contribution is -2.55. The summed E-state index contributed by atoms with van der Waals surface area (Å²) in [6.45, 7) is 4.27. The Balaban J connectivity index is 1.68. The van der Waals surface area contributed by atoms with E-state index in [-0.39, 0.29) is 18.0 Å². The summed E-state index contributed by atoms with van der Waals surface area (Å²) in [7, 11) is 0. The first-order valence-corrected chi connectivity index (χ1v) is 7.21. The lowest BCUT2D eigenvalue weighted by atomic mass is 10.0. The van der Waals surface area contributed by atoms with Gasteiger partial charge in [0.15, 0.2) is 0 Å². The molecular formula is C15H20N4O2. The summed E-state index contributed by atoms with van der Waals surface area (Å²) in [6, 6.07) is 7.11. The average molecular weight is 288 g/mol. The molecule has 0 bridgehead atoms. The van der Waals surface area contributed by atoms with Crippen LogP contribution in [0.1, 0.15) is 17.2 Å². The number of benzene rings is 1. The highest BCUT2D eigenvalue weighted by atomic mass is 16.2. The molecule has 0 radical (unpaired) electrons. The summed E-state index contributed by atoms with van der Waals surface area (Å²) in [5, 5.41) is 2.81. The molecular weight excluding hydrogens is 268 g/mol. The van der Waals surface area contributed by atoms with Gasteiger partial charge in [-0.2, -0.15) is 0 Å². The first kappa shape index (κ1) is 13.9. The Morgan fingerprint density at radius 1 is 1.33 bits per heavy atom. The molecule has 21 heavy (non-hydrogen) atoms. The van der Waals surface area contributed by atoms with E-state index in [2.05, 4.69) is 5.32 Å². The van der Waals surface area contributed by atoms with E-state index < -0.39 is 6.04 Å². The van der Waals surface area contributed by atoms with Gasteiger partial charge in [0.05, 0.1) is 6.04 Å². The lowest BCUT2D eigenvalue weighted by molar-refractivity contribution is -0.134. The summed E-state index contributed by atoms with van der Waals surface area (Å²) < 4.78 is 0. The lowest BCUT2D eigenvalue weighted by Gasteiger charge is -2.37. The minimum absolute atomic E-state index is 0.0325. The van der Waals surface area contributed by atoms with Crippen molar-refractivity contribution < 1.29 is 9.59 Å². The minimum atomic E-state index is -0.637. The second-order valence-electron chi connectivity index (χ2n) is 5.71. The van der Waals surface area contributed by atoms with Crippen molar-refractivity contribution in [3.8, 4) is 0 Å². The van der Waals surface area contributed by atoms with E-state index in [0.29, 0.717) is 26.2 Å². The van der Waals surface area contributed by atoms with Gasteiger partial charge in [-0.15, -0.1) is 0 Å². The number of fused-ring (bicyclic) bond motifs is 1. The van der Waals surface area contributed by atoms with Crippen LogP contribution in [-0.4, -0.2) is 54.0 Å². The molecule has 1 aromatic carbocycles. The van der Waals surface area contributed by atoms with Crippen molar-refractivity contribution in [1.29, 1.82) is 0 Å². The monoisotopic (exact) mass is 288 g/mol. The second-order valence-corrected chi connectivity index (χ2v) is 5.71. The molecule has 1 aromatic rings. The molecule has 0 spiro atoms. The third kappa shape index (κ3) is 2.58. The fourth-order valence-electron chi connectivity index (χ4n) is 2.92. The first-order valence-electron chi connectivity index (χ1n) is 7.21. The van der Waals surface area contributed by atoms with E-state index in [1.165, 1.54) is 0 Å². The Morgan fingerprint density at radius 3 is 2.76 bits per heavy atom. The summed E-state index contributed by atoms with van der Waals surface area (Å²) >= 11 is 0. The number of aryl methyl sites for hydroxylation is 1. The summed E-state index contributed by atoms with van der Waals surface area (Å²) in [6.07, 6.45) is 0. The van der Waals surface area contributed by atoms with Crippen LogP contribution in [0.5, 0.6) is 0 Å². The molecule has 3 N–H and O–H groups in total. The zero-order valence-corrected chi connectivity index (χ0v) is 12.1. The van der Waals surface area contributed by atoms with E-state index >= 15 is 0 Å². The second kappa shape index (κ2) is 5.37. The van der Waals surface area contributed by atoms with Crippen LogP contribution in [0, 0.1) is 6.92 Å². The molecule has 6 nitrogen and oxygen atoms in total. The molecule has 2 heterocycles. The molecule has 112 valence electrons. The Labute approximate surface area is 123 Å². The van der Waals surface area contributed by atoms with Crippen LogP contribution < -0.4 is 11.1 Å². The smallest absolute Gasteiger partial charge is 0.317 e. The quantitative estimate of drug-likeness (QED) is 0.818. The highest BCUT2D eigenvalue weighted by Gasteiger charge is 2.37. The van der Waals surface area contributed by atoms with Crippen molar-refractivity contribution >= 4 is 11.9 Å². The van der Waals surface area contributed by atoms with Gasteiger partial charge < -0.3 is 20.9 Å². The summed E-state index contributed by atoms with van der Waals surface area (Å²) in [5.41, 5.74) is 8.07. The van der Waals surface area contributed by atoms with E-state index in [0.717, 1.165) is 11.1 Å². The third-order valence-electron chi connectivity index (χ3n) is 4.25. The highest BCUT2D eigenvalue weighted by molar-refractivity contribution is 5.84. The molecule has 2 unspecified atom stereocenters.